The van der Waals surface area contributed by atoms with Crippen LogP contribution in [0.5, 0.6) is 0 Å². The Balaban J connectivity index is 1.93. The predicted octanol–water partition coefficient (Wildman–Crippen LogP) is 4.22. The number of aryl methyl sites for hydroxylation is 1. The molecule has 0 aliphatic heterocycles. The standard InChI is InChI=1S/C13H19BrN2S/c1-11-7-15-12(16-8-11)17-10-13(9-14)5-3-2-4-6-13/h7-8H,2-6,9-10H2,1H3. The van der Waals surface area contributed by atoms with Crippen LogP contribution in [-0.2, 0) is 0 Å². The zero-order valence-corrected chi connectivity index (χ0v) is 12.7. The van der Waals surface area contributed by atoms with Crippen LogP contribution in [0.3, 0.4) is 0 Å². The van der Waals surface area contributed by atoms with Crippen LogP contribution in [0, 0.1) is 12.3 Å². The third kappa shape index (κ3) is 3.68. The minimum Gasteiger partial charge on any atom is -0.231 e. The van der Waals surface area contributed by atoms with E-state index in [0.717, 1.165) is 21.8 Å². The molecular formula is C13H19BrN2S. The molecule has 0 spiro atoms. The van der Waals surface area contributed by atoms with Crippen molar-refractivity contribution >= 4 is 27.7 Å². The number of alkyl halides is 1. The molecule has 1 aliphatic carbocycles. The zero-order chi connectivity index (χ0) is 12.1. The summed E-state index contributed by atoms with van der Waals surface area (Å²) in [5.74, 6) is 1.14. The van der Waals surface area contributed by atoms with Crippen molar-refractivity contribution in [3.05, 3.63) is 18.0 Å². The summed E-state index contributed by atoms with van der Waals surface area (Å²) >= 11 is 5.51. The van der Waals surface area contributed by atoms with E-state index in [2.05, 4.69) is 25.9 Å². The minimum absolute atomic E-state index is 0.469. The maximum atomic E-state index is 4.36. The summed E-state index contributed by atoms with van der Waals surface area (Å²) in [4.78, 5) is 8.73. The summed E-state index contributed by atoms with van der Waals surface area (Å²) in [6.45, 7) is 2.02. The molecule has 0 saturated heterocycles. The molecule has 0 radical (unpaired) electrons. The lowest BCUT2D eigenvalue weighted by atomic mass is 9.77. The largest absolute Gasteiger partial charge is 0.231 e. The second kappa shape index (κ2) is 6.19. The lowest BCUT2D eigenvalue weighted by molar-refractivity contribution is 0.260. The quantitative estimate of drug-likeness (QED) is 0.472. The van der Waals surface area contributed by atoms with Crippen LogP contribution >= 0.6 is 27.7 Å². The highest BCUT2D eigenvalue weighted by Gasteiger charge is 2.31. The van der Waals surface area contributed by atoms with Gasteiger partial charge < -0.3 is 0 Å². The Bertz CT molecular complexity index is 347. The van der Waals surface area contributed by atoms with Gasteiger partial charge in [0.1, 0.15) is 0 Å². The van der Waals surface area contributed by atoms with Crippen LogP contribution in [-0.4, -0.2) is 21.1 Å². The average molecular weight is 315 g/mol. The van der Waals surface area contributed by atoms with Crippen molar-refractivity contribution in [3.63, 3.8) is 0 Å². The van der Waals surface area contributed by atoms with Gasteiger partial charge in [-0.05, 0) is 30.7 Å². The summed E-state index contributed by atoms with van der Waals surface area (Å²) in [6.07, 6.45) is 10.6. The van der Waals surface area contributed by atoms with Gasteiger partial charge in [-0.1, -0.05) is 47.0 Å². The van der Waals surface area contributed by atoms with Gasteiger partial charge in [0.2, 0.25) is 0 Å². The van der Waals surface area contributed by atoms with E-state index in [1.165, 1.54) is 32.1 Å². The summed E-state index contributed by atoms with van der Waals surface area (Å²) in [5.41, 5.74) is 1.60. The fourth-order valence-corrected chi connectivity index (χ4v) is 4.39. The Hall–Kier alpha value is -0.0900. The molecule has 1 fully saturated rings. The third-order valence-corrected chi connectivity index (χ3v) is 5.88. The highest BCUT2D eigenvalue weighted by molar-refractivity contribution is 9.09. The first kappa shape index (κ1) is 13.3. The molecule has 2 nitrogen and oxygen atoms in total. The zero-order valence-electron chi connectivity index (χ0n) is 10.3. The van der Waals surface area contributed by atoms with Crippen LogP contribution in [0.15, 0.2) is 17.6 Å². The monoisotopic (exact) mass is 314 g/mol. The van der Waals surface area contributed by atoms with E-state index >= 15 is 0 Å². The van der Waals surface area contributed by atoms with E-state index in [1.54, 1.807) is 11.8 Å². The van der Waals surface area contributed by atoms with E-state index in [9.17, 15) is 0 Å². The summed E-state index contributed by atoms with van der Waals surface area (Å²) in [7, 11) is 0. The average Bonchev–Trinajstić information content (AvgIpc) is 2.39. The predicted molar refractivity (Wildman–Crippen MR) is 76.8 cm³/mol. The SMILES string of the molecule is Cc1cnc(SCC2(CBr)CCCCC2)nc1. The highest BCUT2D eigenvalue weighted by Crippen LogP contribution is 2.41. The third-order valence-electron chi connectivity index (χ3n) is 3.46. The van der Waals surface area contributed by atoms with Crippen LogP contribution in [0.25, 0.3) is 0 Å². The smallest absolute Gasteiger partial charge is 0.187 e. The molecule has 1 aromatic heterocycles. The Morgan fingerprint density at radius 2 is 1.88 bits per heavy atom. The van der Waals surface area contributed by atoms with Gasteiger partial charge in [0.25, 0.3) is 0 Å². The van der Waals surface area contributed by atoms with Crippen LogP contribution in [0.4, 0.5) is 0 Å². The molecule has 0 bridgehead atoms. The van der Waals surface area contributed by atoms with E-state index in [4.69, 9.17) is 0 Å². The van der Waals surface area contributed by atoms with Crippen molar-refractivity contribution in [2.24, 2.45) is 5.41 Å². The number of hydrogen-bond acceptors (Lipinski definition) is 3. The Morgan fingerprint density at radius 3 is 2.47 bits per heavy atom. The maximum absolute atomic E-state index is 4.36. The Labute approximate surface area is 116 Å². The Morgan fingerprint density at radius 1 is 1.24 bits per heavy atom. The Kier molecular flexibility index (Phi) is 4.86. The van der Waals surface area contributed by atoms with E-state index in [-0.39, 0.29) is 0 Å². The van der Waals surface area contributed by atoms with Gasteiger partial charge in [-0.15, -0.1) is 0 Å². The number of thioether (sulfide) groups is 1. The first-order chi connectivity index (χ1) is 8.24. The molecule has 0 unspecified atom stereocenters. The summed E-state index contributed by atoms with van der Waals surface area (Å²) in [6, 6.07) is 0. The second-order valence-corrected chi connectivity index (χ2v) is 6.53. The molecule has 2 rings (SSSR count). The van der Waals surface area contributed by atoms with E-state index < -0.39 is 0 Å². The van der Waals surface area contributed by atoms with Crippen molar-refractivity contribution in [1.82, 2.24) is 9.97 Å². The second-order valence-electron chi connectivity index (χ2n) is 5.03. The molecule has 1 aliphatic rings. The molecule has 17 heavy (non-hydrogen) atoms. The molecule has 0 aromatic carbocycles. The molecule has 1 aromatic rings. The molecular weight excluding hydrogens is 296 g/mol. The number of rotatable bonds is 4. The number of hydrogen-bond donors (Lipinski definition) is 0. The van der Waals surface area contributed by atoms with Gasteiger partial charge in [0, 0.05) is 23.5 Å². The topological polar surface area (TPSA) is 25.8 Å². The molecule has 1 saturated carbocycles. The number of aromatic nitrogens is 2. The molecule has 94 valence electrons. The van der Waals surface area contributed by atoms with Crippen LogP contribution in [0.1, 0.15) is 37.7 Å². The van der Waals surface area contributed by atoms with E-state index in [0.29, 0.717) is 5.41 Å². The molecule has 0 atom stereocenters. The van der Waals surface area contributed by atoms with Crippen molar-refractivity contribution in [1.29, 1.82) is 0 Å². The fourth-order valence-electron chi connectivity index (χ4n) is 2.29. The highest BCUT2D eigenvalue weighted by atomic mass is 79.9. The molecule has 0 N–H and O–H groups in total. The molecule has 1 heterocycles. The van der Waals surface area contributed by atoms with Crippen LogP contribution < -0.4 is 0 Å². The van der Waals surface area contributed by atoms with Crippen molar-refractivity contribution < 1.29 is 0 Å². The fraction of sp³-hybridized carbons (Fsp3) is 0.692. The normalized spacial score (nSPS) is 19.2. The number of halogens is 1. The number of nitrogens with zero attached hydrogens (tertiary/aromatic N) is 2. The van der Waals surface area contributed by atoms with Gasteiger partial charge in [-0.25, -0.2) is 9.97 Å². The van der Waals surface area contributed by atoms with E-state index in [1.807, 2.05) is 19.3 Å². The van der Waals surface area contributed by atoms with Crippen molar-refractivity contribution in [2.75, 3.05) is 11.1 Å². The molecule has 0 amide bonds. The summed E-state index contributed by atoms with van der Waals surface area (Å²) < 4.78 is 0. The van der Waals surface area contributed by atoms with Gasteiger partial charge >= 0.3 is 0 Å². The first-order valence-corrected chi connectivity index (χ1v) is 8.32. The summed E-state index contributed by atoms with van der Waals surface area (Å²) in [5, 5.41) is 2.03. The van der Waals surface area contributed by atoms with Crippen molar-refractivity contribution in [3.8, 4) is 0 Å². The van der Waals surface area contributed by atoms with Gasteiger partial charge in [0.15, 0.2) is 5.16 Å². The maximum Gasteiger partial charge on any atom is 0.187 e. The minimum atomic E-state index is 0.469. The molecule has 4 heteroatoms. The van der Waals surface area contributed by atoms with Gasteiger partial charge in [-0.2, -0.15) is 0 Å². The van der Waals surface area contributed by atoms with Crippen molar-refractivity contribution in [2.45, 2.75) is 44.2 Å². The van der Waals surface area contributed by atoms with Crippen LogP contribution in [0.2, 0.25) is 0 Å². The lowest BCUT2D eigenvalue weighted by Crippen LogP contribution is -2.28. The first-order valence-electron chi connectivity index (χ1n) is 6.22. The van der Waals surface area contributed by atoms with Gasteiger partial charge in [-0.3, -0.25) is 0 Å². The lowest BCUT2D eigenvalue weighted by Gasteiger charge is -2.35. The van der Waals surface area contributed by atoms with Gasteiger partial charge in [0.05, 0.1) is 0 Å².